The molecule has 1 heterocycles. The van der Waals surface area contributed by atoms with Gasteiger partial charge in [0.05, 0.1) is 0 Å². The van der Waals surface area contributed by atoms with Crippen LogP contribution in [0, 0.1) is 6.92 Å². The van der Waals surface area contributed by atoms with Crippen molar-refractivity contribution in [2.75, 3.05) is 18.4 Å². The van der Waals surface area contributed by atoms with Crippen molar-refractivity contribution in [3.63, 3.8) is 0 Å². The average molecular weight is 324 g/mol. The van der Waals surface area contributed by atoms with Crippen molar-refractivity contribution in [1.82, 2.24) is 4.90 Å². The summed E-state index contributed by atoms with van der Waals surface area (Å²) in [5.74, 6) is 0.398. The Hall–Kier alpha value is -1.29. The van der Waals surface area contributed by atoms with Crippen LogP contribution in [0.15, 0.2) is 28.7 Å². The minimum absolute atomic E-state index is 0.0303. The number of alkyl halides is 1. The Morgan fingerprint density at radius 2 is 2.16 bits per heavy atom. The van der Waals surface area contributed by atoms with E-state index >= 15 is 0 Å². The Kier molecular flexibility index (Phi) is 4.64. The van der Waals surface area contributed by atoms with Crippen LogP contribution >= 0.6 is 15.9 Å². The van der Waals surface area contributed by atoms with Gasteiger partial charge in [0.2, 0.25) is 0 Å². The van der Waals surface area contributed by atoms with Crippen LogP contribution < -0.4 is 0 Å². The third kappa shape index (κ3) is 3.18. The highest BCUT2D eigenvalue weighted by atomic mass is 79.9. The van der Waals surface area contributed by atoms with E-state index in [2.05, 4.69) is 15.9 Å². The number of benzene rings is 1. The molecule has 19 heavy (non-hydrogen) atoms. The highest BCUT2D eigenvalue weighted by molar-refractivity contribution is 9.09. The molecule has 3 nitrogen and oxygen atoms in total. The van der Waals surface area contributed by atoms with Gasteiger partial charge in [0.15, 0.2) is 5.76 Å². The number of hydrogen-bond acceptors (Lipinski definition) is 2. The van der Waals surface area contributed by atoms with Gasteiger partial charge in [-0.25, -0.2) is 0 Å². The van der Waals surface area contributed by atoms with Gasteiger partial charge >= 0.3 is 0 Å². The van der Waals surface area contributed by atoms with Gasteiger partial charge in [-0.1, -0.05) is 27.6 Å². The van der Waals surface area contributed by atoms with E-state index in [1.54, 1.807) is 0 Å². The molecule has 2 rings (SSSR count). The number of furan rings is 1. The van der Waals surface area contributed by atoms with Crippen LogP contribution in [0.1, 0.15) is 29.5 Å². The fourth-order valence-corrected chi connectivity index (χ4v) is 2.33. The number of fused-ring (bicyclic) bond motifs is 1. The largest absolute Gasteiger partial charge is 0.451 e. The van der Waals surface area contributed by atoms with E-state index in [4.69, 9.17) is 4.42 Å². The molecule has 1 amide bonds. The van der Waals surface area contributed by atoms with Crippen molar-refractivity contribution in [2.24, 2.45) is 0 Å². The maximum Gasteiger partial charge on any atom is 0.289 e. The van der Waals surface area contributed by atoms with E-state index in [1.807, 2.05) is 43.0 Å². The lowest BCUT2D eigenvalue weighted by Crippen LogP contribution is -2.31. The number of halogens is 1. The number of rotatable bonds is 5. The van der Waals surface area contributed by atoms with Crippen LogP contribution in [0.4, 0.5) is 0 Å². The smallest absolute Gasteiger partial charge is 0.289 e. The van der Waals surface area contributed by atoms with Crippen LogP contribution in [0.25, 0.3) is 11.0 Å². The molecule has 0 N–H and O–H groups in total. The highest BCUT2D eigenvalue weighted by Gasteiger charge is 2.18. The van der Waals surface area contributed by atoms with Gasteiger partial charge in [-0.3, -0.25) is 4.79 Å². The van der Waals surface area contributed by atoms with Gasteiger partial charge in [0.25, 0.3) is 5.91 Å². The lowest BCUT2D eigenvalue weighted by molar-refractivity contribution is 0.0735. The lowest BCUT2D eigenvalue weighted by Gasteiger charge is -2.18. The second-order valence-corrected chi connectivity index (χ2v) is 5.37. The number of carbonyl (C=O) groups is 1. The second-order valence-electron chi connectivity index (χ2n) is 4.58. The molecule has 0 unspecified atom stereocenters. The van der Waals surface area contributed by atoms with E-state index in [1.165, 1.54) is 5.56 Å². The molecule has 102 valence electrons. The van der Waals surface area contributed by atoms with Gasteiger partial charge < -0.3 is 9.32 Å². The van der Waals surface area contributed by atoms with Gasteiger partial charge in [-0.2, -0.15) is 0 Å². The fraction of sp³-hybridized carbons (Fsp3) is 0.400. The molecule has 0 saturated carbocycles. The number of amides is 1. The summed E-state index contributed by atoms with van der Waals surface area (Å²) < 4.78 is 5.64. The minimum Gasteiger partial charge on any atom is -0.451 e. The first kappa shape index (κ1) is 14.1. The lowest BCUT2D eigenvalue weighted by atomic mass is 10.2. The third-order valence-corrected chi connectivity index (χ3v) is 3.67. The second kappa shape index (κ2) is 6.24. The molecule has 0 radical (unpaired) electrons. The molecule has 1 aromatic heterocycles. The van der Waals surface area contributed by atoms with Gasteiger partial charge in [0, 0.05) is 23.8 Å². The Balaban J connectivity index is 2.24. The summed E-state index contributed by atoms with van der Waals surface area (Å²) in [5.41, 5.74) is 1.93. The zero-order valence-electron chi connectivity index (χ0n) is 11.3. The molecule has 0 spiro atoms. The average Bonchev–Trinajstić information content (AvgIpc) is 2.82. The molecule has 4 heteroatoms. The maximum atomic E-state index is 12.4. The van der Waals surface area contributed by atoms with Crippen LogP contribution in [0.5, 0.6) is 0 Å². The predicted octanol–water partition coefficient (Wildman–Crippen LogP) is 3.99. The van der Waals surface area contributed by atoms with Crippen molar-refractivity contribution >= 4 is 32.8 Å². The number of carbonyl (C=O) groups excluding carboxylic acids is 1. The first-order valence-electron chi connectivity index (χ1n) is 6.51. The molecule has 0 fully saturated rings. The van der Waals surface area contributed by atoms with Crippen LogP contribution in [0.2, 0.25) is 0 Å². The van der Waals surface area contributed by atoms with E-state index in [-0.39, 0.29) is 5.91 Å². The van der Waals surface area contributed by atoms with E-state index in [0.717, 1.165) is 29.3 Å². The van der Waals surface area contributed by atoms with Crippen LogP contribution in [0.3, 0.4) is 0 Å². The molecule has 0 bridgehead atoms. The first-order valence-corrected chi connectivity index (χ1v) is 7.63. The molecule has 2 aromatic rings. The monoisotopic (exact) mass is 323 g/mol. The third-order valence-electron chi connectivity index (χ3n) is 3.11. The summed E-state index contributed by atoms with van der Waals surface area (Å²) in [5, 5.41) is 1.88. The molecule has 0 aliphatic carbocycles. The van der Waals surface area contributed by atoms with E-state index < -0.39 is 0 Å². The molecule has 1 aromatic carbocycles. The molecule has 0 atom stereocenters. The summed E-state index contributed by atoms with van der Waals surface area (Å²) in [6.07, 6.45) is 0.943. The van der Waals surface area contributed by atoms with Crippen LogP contribution in [-0.4, -0.2) is 29.2 Å². The van der Waals surface area contributed by atoms with Crippen molar-refractivity contribution < 1.29 is 9.21 Å². The number of aryl methyl sites for hydroxylation is 1. The normalized spacial score (nSPS) is 10.9. The Bertz CT molecular complexity index is 577. The zero-order valence-corrected chi connectivity index (χ0v) is 12.9. The maximum absolute atomic E-state index is 12.4. The fourth-order valence-electron chi connectivity index (χ4n) is 2.08. The Morgan fingerprint density at radius 1 is 1.37 bits per heavy atom. The van der Waals surface area contributed by atoms with E-state index in [9.17, 15) is 4.79 Å². The SMILES string of the molecule is CCN(CCCBr)C(=O)c1cc2cc(C)ccc2o1. The number of hydrogen-bond donors (Lipinski definition) is 0. The van der Waals surface area contributed by atoms with Crippen molar-refractivity contribution in [2.45, 2.75) is 20.3 Å². The quantitative estimate of drug-likeness (QED) is 0.779. The van der Waals surface area contributed by atoms with Gasteiger partial charge in [-0.15, -0.1) is 0 Å². The molecule has 0 aliphatic rings. The summed E-state index contributed by atoms with van der Waals surface area (Å²) in [4.78, 5) is 14.2. The molecule has 0 aliphatic heterocycles. The minimum atomic E-state index is -0.0303. The van der Waals surface area contributed by atoms with Gasteiger partial charge in [0.1, 0.15) is 5.58 Å². The zero-order chi connectivity index (χ0) is 13.8. The number of nitrogens with zero attached hydrogens (tertiary/aromatic N) is 1. The molecule has 0 saturated heterocycles. The summed E-state index contributed by atoms with van der Waals surface area (Å²) in [7, 11) is 0. The topological polar surface area (TPSA) is 33.5 Å². The molecular formula is C15H18BrNO2. The predicted molar refractivity (Wildman–Crippen MR) is 80.9 cm³/mol. The summed E-state index contributed by atoms with van der Waals surface area (Å²) >= 11 is 3.39. The van der Waals surface area contributed by atoms with Crippen molar-refractivity contribution in [3.05, 3.63) is 35.6 Å². The van der Waals surface area contributed by atoms with Crippen molar-refractivity contribution in [3.8, 4) is 0 Å². The van der Waals surface area contributed by atoms with E-state index in [0.29, 0.717) is 12.3 Å². The standard InChI is InChI=1S/C15H18BrNO2/c1-3-17(8-4-7-16)15(18)14-10-12-9-11(2)5-6-13(12)19-14/h5-6,9-10H,3-4,7-8H2,1-2H3. The van der Waals surface area contributed by atoms with Crippen LogP contribution in [-0.2, 0) is 0 Å². The van der Waals surface area contributed by atoms with Gasteiger partial charge in [-0.05, 0) is 38.5 Å². The van der Waals surface area contributed by atoms with Crippen molar-refractivity contribution in [1.29, 1.82) is 0 Å². The first-order chi connectivity index (χ1) is 9.15. The summed E-state index contributed by atoms with van der Waals surface area (Å²) in [6, 6.07) is 7.77. The highest BCUT2D eigenvalue weighted by Crippen LogP contribution is 2.21. The molecular weight excluding hydrogens is 306 g/mol. The summed E-state index contributed by atoms with van der Waals surface area (Å²) in [6.45, 7) is 5.46. The Morgan fingerprint density at radius 3 is 2.84 bits per heavy atom. The Labute approximate surface area is 121 Å².